The Hall–Kier alpha value is -0.710. The van der Waals surface area contributed by atoms with Crippen LogP contribution in [0.4, 0.5) is 0 Å². The normalized spacial score (nSPS) is 15.7. The molecule has 1 heterocycles. The Morgan fingerprint density at radius 2 is 2.09 bits per heavy atom. The third kappa shape index (κ3) is 5.72. The van der Waals surface area contributed by atoms with Gasteiger partial charge in [-0.2, -0.15) is 11.8 Å². The van der Waals surface area contributed by atoms with Gasteiger partial charge in [0.15, 0.2) is 0 Å². The highest BCUT2D eigenvalue weighted by molar-refractivity contribution is 8.00. The number of rotatable bonds is 1. The topological polar surface area (TPSA) is 87.2 Å². The van der Waals surface area contributed by atoms with Gasteiger partial charge >= 0.3 is 0 Å². The number of hydrogen-bond acceptors (Lipinski definition) is 3. The van der Waals surface area contributed by atoms with E-state index in [1.807, 2.05) is 11.8 Å². The third-order valence-electron chi connectivity index (χ3n) is 1.08. The Kier molecular flexibility index (Phi) is 4.69. The Balaban J connectivity index is 0.000000218. The molecule has 4 nitrogen and oxygen atoms in total. The van der Waals surface area contributed by atoms with Crippen molar-refractivity contribution in [2.24, 2.45) is 11.7 Å². The van der Waals surface area contributed by atoms with Crippen LogP contribution in [0, 0.1) is 11.3 Å². The summed E-state index contributed by atoms with van der Waals surface area (Å²) in [6.07, 6.45) is 0. The first kappa shape index (κ1) is 10.3. The van der Waals surface area contributed by atoms with Crippen LogP contribution in [0.3, 0.4) is 0 Å². The van der Waals surface area contributed by atoms with Gasteiger partial charge < -0.3 is 10.8 Å². The summed E-state index contributed by atoms with van der Waals surface area (Å²) in [6, 6.07) is 0. The van der Waals surface area contributed by atoms with Gasteiger partial charge in [0.25, 0.3) is 5.97 Å². The lowest BCUT2D eigenvalue weighted by molar-refractivity contribution is -0.134. The summed E-state index contributed by atoms with van der Waals surface area (Å²) < 4.78 is 0. The Morgan fingerprint density at radius 3 is 2.09 bits per heavy atom. The molecule has 5 heteroatoms. The zero-order chi connectivity index (χ0) is 8.85. The maximum atomic E-state index is 9.00. The van der Waals surface area contributed by atoms with Gasteiger partial charge in [-0.25, -0.2) is 0 Å². The van der Waals surface area contributed by atoms with Crippen molar-refractivity contribution >= 4 is 23.6 Å². The van der Waals surface area contributed by atoms with Gasteiger partial charge in [-0.1, -0.05) is 0 Å². The molecule has 11 heavy (non-hydrogen) atoms. The summed E-state index contributed by atoms with van der Waals surface area (Å²) in [4.78, 5) is 9.00. The van der Waals surface area contributed by atoms with Crippen molar-refractivity contribution in [2.75, 3.05) is 11.5 Å². The highest BCUT2D eigenvalue weighted by Gasteiger charge is 2.19. The molecule has 0 saturated carbocycles. The van der Waals surface area contributed by atoms with Crippen LogP contribution in [0.5, 0.6) is 0 Å². The zero-order valence-corrected chi connectivity index (χ0v) is 7.15. The van der Waals surface area contributed by atoms with Crippen molar-refractivity contribution in [3.05, 3.63) is 0 Å². The first-order chi connectivity index (χ1) is 5.04. The second-order valence-electron chi connectivity index (χ2n) is 2.21. The number of aliphatic carboxylic acids is 1. The first-order valence-corrected chi connectivity index (χ1v) is 4.30. The minimum absolute atomic E-state index is 0.360. The molecule has 0 atom stereocenters. The summed E-state index contributed by atoms with van der Waals surface area (Å²) >= 11 is 1.85. The molecule has 0 aromatic heterocycles. The molecule has 0 bridgehead atoms. The van der Waals surface area contributed by atoms with E-state index in [2.05, 4.69) is 0 Å². The predicted octanol–water partition coefficient (Wildman–Crippen LogP) is 0.376. The molecular formula is C6H12N2O2S. The average Bonchev–Trinajstić information content (AvgIpc) is 1.53. The number of carbonyl (C=O) groups is 1. The van der Waals surface area contributed by atoms with E-state index < -0.39 is 5.97 Å². The van der Waals surface area contributed by atoms with E-state index in [1.165, 1.54) is 0 Å². The lowest BCUT2D eigenvalue weighted by atomic mass is 10.2. The molecule has 4 N–H and O–H groups in total. The molecule has 0 spiro atoms. The van der Waals surface area contributed by atoms with Gasteiger partial charge in [0.05, 0.1) is 5.84 Å². The monoisotopic (exact) mass is 176 g/mol. The van der Waals surface area contributed by atoms with Gasteiger partial charge in [-0.3, -0.25) is 10.2 Å². The van der Waals surface area contributed by atoms with Crippen LogP contribution in [-0.4, -0.2) is 28.4 Å². The summed E-state index contributed by atoms with van der Waals surface area (Å²) in [5.74, 6) is 2.06. The van der Waals surface area contributed by atoms with Gasteiger partial charge in [0, 0.05) is 24.3 Å². The molecule has 1 aliphatic rings. The highest BCUT2D eigenvalue weighted by Crippen LogP contribution is 2.23. The van der Waals surface area contributed by atoms with Crippen LogP contribution in [0.15, 0.2) is 0 Å². The van der Waals surface area contributed by atoms with Gasteiger partial charge in [0.1, 0.15) is 0 Å². The maximum Gasteiger partial charge on any atom is 0.300 e. The minimum Gasteiger partial charge on any atom is -0.481 e. The van der Waals surface area contributed by atoms with E-state index in [0.717, 1.165) is 18.4 Å². The average molecular weight is 176 g/mol. The van der Waals surface area contributed by atoms with Gasteiger partial charge in [-0.05, 0) is 0 Å². The van der Waals surface area contributed by atoms with E-state index in [1.54, 1.807) is 0 Å². The van der Waals surface area contributed by atoms with Crippen LogP contribution in [0.1, 0.15) is 6.92 Å². The second kappa shape index (κ2) is 5.01. The number of nitrogens with one attached hydrogen (secondary N) is 1. The van der Waals surface area contributed by atoms with Crippen molar-refractivity contribution in [1.29, 1.82) is 5.41 Å². The number of carboxylic acid groups (broad SMARTS) is 1. The molecule has 0 aliphatic carbocycles. The quantitative estimate of drug-likeness (QED) is 0.398. The molecule has 1 saturated heterocycles. The van der Waals surface area contributed by atoms with Crippen LogP contribution in [-0.2, 0) is 4.79 Å². The molecule has 0 amide bonds. The van der Waals surface area contributed by atoms with E-state index in [0.29, 0.717) is 11.8 Å². The lowest BCUT2D eigenvalue weighted by Crippen LogP contribution is -2.32. The number of nitrogens with two attached hydrogens (primary N) is 1. The fourth-order valence-corrected chi connectivity index (χ4v) is 1.25. The van der Waals surface area contributed by atoms with Crippen LogP contribution >= 0.6 is 11.8 Å². The molecule has 0 aromatic rings. The summed E-state index contributed by atoms with van der Waals surface area (Å²) in [5.41, 5.74) is 5.17. The van der Waals surface area contributed by atoms with Crippen molar-refractivity contribution < 1.29 is 9.90 Å². The largest absolute Gasteiger partial charge is 0.481 e. The highest BCUT2D eigenvalue weighted by atomic mass is 32.2. The molecule has 1 rings (SSSR count). The smallest absolute Gasteiger partial charge is 0.300 e. The summed E-state index contributed by atoms with van der Waals surface area (Å²) in [6.45, 7) is 1.08. The van der Waals surface area contributed by atoms with Crippen molar-refractivity contribution in [2.45, 2.75) is 6.92 Å². The molecule has 1 aliphatic heterocycles. The van der Waals surface area contributed by atoms with E-state index in [-0.39, 0.29) is 0 Å². The second-order valence-corrected chi connectivity index (χ2v) is 3.28. The van der Waals surface area contributed by atoms with Crippen LogP contribution in [0.25, 0.3) is 0 Å². The molecule has 0 unspecified atom stereocenters. The fraction of sp³-hybridized carbons (Fsp3) is 0.667. The van der Waals surface area contributed by atoms with Gasteiger partial charge in [0.2, 0.25) is 0 Å². The van der Waals surface area contributed by atoms with Gasteiger partial charge in [-0.15, -0.1) is 0 Å². The van der Waals surface area contributed by atoms with E-state index >= 15 is 0 Å². The lowest BCUT2D eigenvalue weighted by Gasteiger charge is -2.22. The molecule has 1 fully saturated rings. The molecule has 0 aromatic carbocycles. The van der Waals surface area contributed by atoms with Crippen molar-refractivity contribution in [1.82, 2.24) is 0 Å². The molecule has 64 valence electrons. The van der Waals surface area contributed by atoms with Crippen molar-refractivity contribution in [3.8, 4) is 0 Å². The summed E-state index contributed by atoms with van der Waals surface area (Å²) in [5, 5.41) is 14.3. The third-order valence-corrected chi connectivity index (χ3v) is 2.35. The Bertz CT molecular complexity index is 153. The minimum atomic E-state index is -0.833. The number of amidine groups is 1. The zero-order valence-electron chi connectivity index (χ0n) is 6.33. The van der Waals surface area contributed by atoms with Crippen LogP contribution < -0.4 is 5.73 Å². The van der Waals surface area contributed by atoms with E-state index in [9.17, 15) is 0 Å². The standard InChI is InChI=1S/C4H8N2S.C2H4O2/c5-4(6)3-1-7-2-3;1-2(3)4/h3H,1-2H2,(H3,5,6);1H3,(H,3,4). The Morgan fingerprint density at radius 1 is 1.73 bits per heavy atom. The first-order valence-electron chi connectivity index (χ1n) is 3.15. The fourth-order valence-electron chi connectivity index (χ4n) is 0.415. The number of carboxylic acids is 1. The molecule has 0 radical (unpaired) electrons. The van der Waals surface area contributed by atoms with Crippen LogP contribution in [0.2, 0.25) is 0 Å². The summed E-state index contributed by atoms with van der Waals surface area (Å²) in [7, 11) is 0. The molecular weight excluding hydrogens is 164 g/mol. The van der Waals surface area contributed by atoms with Crippen molar-refractivity contribution in [3.63, 3.8) is 0 Å². The SMILES string of the molecule is CC(=O)O.N=C(N)C1CSC1. The predicted molar refractivity (Wildman–Crippen MR) is 46.0 cm³/mol. The number of hydrogen-bond donors (Lipinski definition) is 3. The number of thioether (sulfide) groups is 1. The maximum absolute atomic E-state index is 9.00. The van der Waals surface area contributed by atoms with E-state index in [4.69, 9.17) is 21.0 Å². The Labute approximate surface area is 69.7 Å².